The van der Waals surface area contributed by atoms with Crippen molar-refractivity contribution in [1.29, 1.82) is 0 Å². The molecule has 0 atom stereocenters. The van der Waals surface area contributed by atoms with Crippen molar-refractivity contribution in [3.05, 3.63) is 76.0 Å². The van der Waals surface area contributed by atoms with Gasteiger partial charge in [0.2, 0.25) is 5.89 Å². The lowest BCUT2D eigenvalue weighted by Crippen LogP contribution is -2.34. The van der Waals surface area contributed by atoms with Crippen LogP contribution in [0.25, 0.3) is 22.6 Å². The number of aryl methyl sites for hydroxylation is 2. The Morgan fingerprint density at radius 3 is 2.77 bits per heavy atom. The summed E-state index contributed by atoms with van der Waals surface area (Å²) in [7, 11) is 0. The molecule has 2 heterocycles. The second-order valence-electron chi connectivity index (χ2n) is 6.83. The average Bonchev–Trinajstić information content (AvgIpc) is 3.12. The molecule has 0 radical (unpaired) electrons. The molecule has 0 unspecified atom stereocenters. The number of amides is 1. The van der Waals surface area contributed by atoms with Gasteiger partial charge >= 0.3 is 0 Å². The number of benzene rings is 2. The molecule has 2 N–H and O–H groups in total. The van der Waals surface area contributed by atoms with E-state index in [9.17, 15) is 4.79 Å². The Hall–Kier alpha value is -3.10. The number of carbonyl (C=O) groups is 1. The van der Waals surface area contributed by atoms with Crippen LogP contribution in [0.3, 0.4) is 0 Å². The molecule has 0 spiro atoms. The van der Waals surface area contributed by atoms with Gasteiger partial charge in [-0.3, -0.25) is 15.1 Å². The van der Waals surface area contributed by atoms with Gasteiger partial charge in [0.1, 0.15) is 5.52 Å². The molecule has 0 saturated carbocycles. The van der Waals surface area contributed by atoms with Crippen LogP contribution in [0.4, 0.5) is 5.69 Å². The summed E-state index contributed by atoms with van der Waals surface area (Å²) in [5, 5.41) is 5.85. The third-order valence-corrected chi connectivity index (χ3v) is 5.02. The van der Waals surface area contributed by atoms with E-state index in [0.29, 0.717) is 21.6 Å². The number of nitrogens with one attached hydrogen (secondary N) is 2. The largest absolute Gasteiger partial charge is 0.436 e. The lowest BCUT2D eigenvalue weighted by molar-refractivity contribution is 0.0977. The molecule has 1 amide bonds. The van der Waals surface area contributed by atoms with E-state index in [2.05, 4.69) is 42.6 Å². The van der Waals surface area contributed by atoms with E-state index in [1.807, 2.05) is 44.2 Å². The van der Waals surface area contributed by atoms with E-state index in [1.54, 1.807) is 12.3 Å². The molecular formula is C22H17BrN4O2S. The lowest BCUT2D eigenvalue weighted by atomic mass is 10.1. The van der Waals surface area contributed by atoms with Crippen LogP contribution in [0.2, 0.25) is 0 Å². The van der Waals surface area contributed by atoms with Crippen molar-refractivity contribution < 1.29 is 9.21 Å². The zero-order valence-corrected chi connectivity index (χ0v) is 18.6. The van der Waals surface area contributed by atoms with Crippen molar-refractivity contribution >= 4 is 56.0 Å². The summed E-state index contributed by atoms with van der Waals surface area (Å²) in [5.74, 6) is 0.180. The topological polar surface area (TPSA) is 80.0 Å². The first-order chi connectivity index (χ1) is 14.4. The Kier molecular flexibility index (Phi) is 5.61. The van der Waals surface area contributed by atoms with Crippen LogP contribution in [-0.4, -0.2) is 21.0 Å². The third kappa shape index (κ3) is 4.39. The number of pyridine rings is 1. The number of hydrogen-bond donors (Lipinski definition) is 2. The molecule has 4 aromatic rings. The Morgan fingerprint density at radius 1 is 1.13 bits per heavy atom. The molecule has 30 heavy (non-hydrogen) atoms. The van der Waals surface area contributed by atoms with Crippen LogP contribution >= 0.6 is 28.1 Å². The number of rotatable bonds is 3. The fourth-order valence-electron chi connectivity index (χ4n) is 3.10. The number of thiocarbonyl (C=S) groups is 1. The van der Waals surface area contributed by atoms with E-state index < -0.39 is 0 Å². The first-order valence-corrected chi connectivity index (χ1v) is 10.3. The molecule has 0 aliphatic carbocycles. The summed E-state index contributed by atoms with van der Waals surface area (Å²) in [6.45, 7) is 4.04. The normalized spacial score (nSPS) is 10.8. The molecule has 6 nitrogen and oxygen atoms in total. The molecular weight excluding hydrogens is 464 g/mol. The molecule has 0 saturated heterocycles. The quantitative estimate of drug-likeness (QED) is 0.382. The van der Waals surface area contributed by atoms with Crippen LogP contribution in [0, 0.1) is 13.8 Å². The van der Waals surface area contributed by atoms with E-state index in [1.165, 1.54) is 6.20 Å². The number of nitrogens with zero attached hydrogens (tertiary/aromatic N) is 2. The van der Waals surface area contributed by atoms with E-state index >= 15 is 0 Å². The molecule has 0 aliphatic heterocycles. The van der Waals surface area contributed by atoms with Crippen LogP contribution in [-0.2, 0) is 0 Å². The zero-order chi connectivity index (χ0) is 21.3. The fraction of sp³-hybridized carbons (Fsp3) is 0.0909. The Balaban J connectivity index is 1.51. The minimum atomic E-state index is -0.345. The van der Waals surface area contributed by atoms with Gasteiger partial charge in [-0.25, -0.2) is 4.98 Å². The van der Waals surface area contributed by atoms with Gasteiger partial charge in [0.05, 0.1) is 5.56 Å². The molecule has 8 heteroatoms. The highest BCUT2D eigenvalue weighted by molar-refractivity contribution is 9.10. The van der Waals surface area contributed by atoms with E-state index in [-0.39, 0.29) is 11.0 Å². The van der Waals surface area contributed by atoms with E-state index in [0.717, 1.165) is 27.8 Å². The maximum atomic E-state index is 12.3. The van der Waals surface area contributed by atoms with Gasteiger partial charge in [0.25, 0.3) is 5.91 Å². The molecule has 150 valence electrons. The number of aromatic nitrogens is 2. The summed E-state index contributed by atoms with van der Waals surface area (Å²) in [5.41, 5.74) is 5.70. The minimum Gasteiger partial charge on any atom is -0.436 e. The summed E-state index contributed by atoms with van der Waals surface area (Å²) in [6, 6.07) is 13.2. The third-order valence-electron chi connectivity index (χ3n) is 4.38. The highest BCUT2D eigenvalue weighted by atomic mass is 79.9. The smallest absolute Gasteiger partial charge is 0.259 e. The second-order valence-corrected chi connectivity index (χ2v) is 8.15. The number of halogens is 1. The van der Waals surface area contributed by atoms with Gasteiger partial charge < -0.3 is 9.73 Å². The van der Waals surface area contributed by atoms with Crippen LogP contribution in [0.15, 0.2) is 63.7 Å². The predicted octanol–water partition coefficient (Wildman–Crippen LogP) is 5.40. The number of fused-ring (bicyclic) bond motifs is 1. The molecule has 2 aromatic carbocycles. The summed E-state index contributed by atoms with van der Waals surface area (Å²) < 4.78 is 6.69. The summed E-state index contributed by atoms with van der Waals surface area (Å²) >= 11 is 8.57. The summed E-state index contributed by atoms with van der Waals surface area (Å²) in [6.07, 6.45) is 3.08. The van der Waals surface area contributed by atoms with Crippen LogP contribution in [0.5, 0.6) is 0 Å². The lowest BCUT2D eigenvalue weighted by Gasteiger charge is -2.10. The number of anilines is 1. The maximum Gasteiger partial charge on any atom is 0.259 e. The molecule has 0 bridgehead atoms. The van der Waals surface area contributed by atoms with Crippen molar-refractivity contribution in [3.8, 4) is 11.5 Å². The average molecular weight is 481 g/mol. The highest BCUT2D eigenvalue weighted by Gasteiger charge is 2.13. The number of hydrogen-bond acceptors (Lipinski definition) is 5. The van der Waals surface area contributed by atoms with Gasteiger partial charge in [-0.05, 0) is 83.5 Å². The van der Waals surface area contributed by atoms with Gasteiger partial charge in [0, 0.05) is 28.1 Å². The first-order valence-electron chi connectivity index (χ1n) is 9.10. The van der Waals surface area contributed by atoms with Gasteiger partial charge in [-0.1, -0.05) is 12.1 Å². The van der Waals surface area contributed by atoms with Crippen molar-refractivity contribution in [2.45, 2.75) is 13.8 Å². The monoisotopic (exact) mass is 480 g/mol. The van der Waals surface area contributed by atoms with Crippen LogP contribution in [0.1, 0.15) is 21.5 Å². The molecule has 4 rings (SSSR count). The molecule has 0 aliphatic rings. The minimum absolute atomic E-state index is 0.182. The Labute approximate surface area is 186 Å². The summed E-state index contributed by atoms with van der Waals surface area (Å²) in [4.78, 5) is 20.9. The van der Waals surface area contributed by atoms with Gasteiger partial charge in [-0.15, -0.1) is 0 Å². The fourth-order valence-corrected chi connectivity index (χ4v) is 3.68. The van der Waals surface area contributed by atoms with Crippen molar-refractivity contribution in [3.63, 3.8) is 0 Å². The van der Waals surface area contributed by atoms with Crippen molar-refractivity contribution in [2.24, 2.45) is 0 Å². The first kappa shape index (κ1) is 20.2. The van der Waals surface area contributed by atoms with Crippen molar-refractivity contribution in [1.82, 2.24) is 15.3 Å². The Morgan fingerprint density at radius 2 is 1.97 bits per heavy atom. The molecule has 0 fully saturated rings. The standard InChI is InChI=1S/C22H17BrN4O2S/c1-12-6-13(2)19-18(7-12)26-21(29-19)14-4-3-5-17(9-14)25-22(30)27-20(28)15-8-16(23)11-24-10-15/h3-11H,1-2H3,(H2,25,27,28,30). The maximum absolute atomic E-state index is 12.3. The van der Waals surface area contributed by atoms with E-state index in [4.69, 9.17) is 16.6 Å². The SMILES string of the molecule is Cc1cc(C)c2oc(-c3cccc(NC(=S)NC(=O)c4cncc(Br)c4)c3)nc2c1. The predicted molar refractivity (Wildman–Crippen MR) is 125 cm³/mol. The zero-order valence-electron chi connectivity index (χ0n) is 16.2. The van der Waals surface area contributed by atoms with Gasteiger partial charge in [-0.2, -0.15) is 0 Å². The van der Waals surface area contributed by atoms with Crippen LogP contribution < -0.4 is 10.6 Å². The second kappa shape index (κ2) is 8.33. The van der Waals surface area contributed by atoms with Gasteiger partial charge in [0.15, 0.2) is 10.7 Å². The number of carbonyl (C=O) groups excluding carboxylic acids is 1. The number of oxazole rings is 1. The molecule has 2 aromatic heterocycles. The highest BCUT2D eigenvalue weighted by Crippen LogP contribution is 2.28. The Bertz CT molecular complexity index is 1290. The van der Waals surface area contributed by atoms with Crippen molar-refractivity contribution in [2.75, 3.05) is 5.32 Å².